The van der Waals surface area contributed by atoms with Gasteiger partial charge < -0.3 is 20.1 Å². The number of carbonyl (C=O) groups is 2. The Balaban J connectivity index is 2.10. The molecule has 2 fully saturated rings. The number of aliphatic hydroxyl groups excluding tert-OH is 2. The third-order valence-electron chi connectivity index (χ3n) is 3.18. The molecule has 0 saturated carbocycles. The predicted octanol–water partition coefficient (Wildman–Crippen LogP) is -2.24. The van der Waals surface area contributed by atoms with Gasteiger partial charge in [0.25, 0.3) is 5.91 Å². The summed E-state index contributed by atoms with van der Waals surface area (Å²) in [7, 11) is 0. The molecule has 0 aromatic carbocycles. The molecule has 0 aromatic heterocycles. The molecule has 2 aliphatic rings. The van der Waals surface area contributed by atoms with Crippen molar-refractivity contribution in [3.63, 3.8) is 0 Å². The number of carbonyl (C=O) groups excluding carboxylic acids is 2. The van der Waals surface area contributed by atoms with Gasteiger partial charge in [0, 0.05) is 6.42 Å². The second-order valence-electron chi connectivity index (χ2n) is 4.78. The molecule has 0 radical (unpaired) electrons. The predicted molar refractivity (Wildman–Crippen MR) is 57.2 cm³/mol. The second-order valence-corrected chi connectivity index (χ2v) is 4.78. The molecule has 0 aliphatic carbocycles. The fourth-order valence-corrected chi connectivity index (χ4v) is 2.08. The maximum Gasteiger partial charge on any atom is 0.326 e. The van der Waals surface area contributed by atoms with Gasteiger partial charge in [-0.2, -0.15) is 0 Å². The van der Waals surface area contributed by atoms with Crippen molar-refractivity contribution < 1.29 is 29.6 Å². The number of imide groups is 1. The van der Waals surface area contributed by atoms with Crippen LogP contribution >= 0.6 is 0 Å². The Hall–Kier alpha value is -1.22. The van der Waals surface area contributed by atoms with E-state index in [1.807, 2.05) is 5.32 Å². The fraction of sp³-hybridized carbons (Fsp3) is 0.800. The Labute approximate surface area is 103 Å². The molecule has 0 bridgehead atoms. The SMILES string of the molecule is CC1(O)CN(C2CC(O)C(CO)O2)C(=O)NC1=O. The van der Waals surface area contributed by atoms with Crippen molar-refractivity contribution in [3.8, 4) is 0 Å². The number of nitrogens with one attached hydrogen (secondary N) is 1. The van der Waals surface area contributed by atoms with Crippen LogP contribution in [0.5, 0.6) is 0 Å². The summed E-state index contributed by atoms with van der Waals surface area (Å²) in [6.45, 7) is 0.715. The molecule has 8 heteroatoms. The number of rotatable bonds is 2. The van der Waals surface area contributed by atoms with E-state index in [1.54, 1.807) is 0 Å². The van der Waals surface area contributed by atoms with E-state index in [-0.39, 0.29) is 19.6 Å². The standard InChI is InChI=1S/C10H16N2O6/c1-10(17)4-12(9(16)11-8(10)15)7-2-5(14)6(3-13)18-7/h5-7,13-14,17H,2-4H2,1H3,(H,11,15,16). The number of urea groups is 1. The first-order valence-electron chi connectivity index (χ1n) is 5.64. The van der Waals surface area contributed by atoms with Crippen molar-refractivity contribution >= 4 is 11.9 Å². The lowest BCUT2D eigenvalue weighted by atomic mass is 10.0. The molecule has 2 rings (SSSR count). The summed E-state index contributed by atoms with van der Waals surface area (Å²) in [6, 6.07) is -0.678. The summed E-state index contributed by atoms with van der Waals surface area (Å²) < 4.78 is 5.30. The Kier molecular flexibility index (Phi) is 3.28. The van der Waals surface area contributed by atoms with Crippen LogP contribution in [0, 0.1) is 0 Å². The highest BCUT2D eigenvalue weighted by atomic mass is 16.5. The number of amides is 3. The van der Waals surface area contributed by atoms with E-state index in [0.717, 1.165) is 4.90 Å². The largest absolute Gasteiger partial charge is 0.394 e. The van der Waals surface area contributed by atoms with Crippen LogP contribution in [0.2, 0.25) is 0 Å². The average Bonchev–Trinajstić information content (AvgIpc) is 2.65. The average molecular weight is 260 g/mol. The Morgan fingerprint density at radius 2 is 2.22 bits per heavy atom. The first-order valence-corrected chi connectivity index (χ1v) is 5.64. The number of ether oxygens (including phenoxy) is 1. The lowest BCUT2D eigenvalue weighted by Crippen LogP contribution is -2.65. The van der Waals surface area contributed by atoms with Crippen molar-refractivity contribution in [1.29, 1.82) is 0 Å². The topological polar surface area (TPSA) is 119 Å². The summed E-state index contributed by atoms with van der Waals surface area (Å²) in [5.41, 5.74) is -1.69. The van der Waals surface area contributed by atoms with Gasteiger partial charge in [-0.25, -0.2) is 4.79 Å². The summed E-state index contributed by atoms with van der Waals surface area (Å²) in [6.07, 6.45) is -2.28. The minimum Gasteiger partial charge on any atom is -0.394 e. The monoisotopic (exact) mass is 260 g/mol. The molecule has 4 unspecified atom stereocenters. The van der Waals surface area contributed by atoms with Crippen LogP contribution < -0.4 is 5.32 Å². The minimum atomic E-state index is -1.69. The molecule has 18 heavy (non-hydrogen) atoms. The zero-order chi connectivity index (χ0) is 13.5. The number of hydrogen-bond donors (Lipinski definition) is 4. The third kappa shape index (κ3) is 2.19. The van der Waals surface area contributed by atoms with E-state index in [9.17, 15) is 19.8 Å². The highest BCUT2D eigenvalue weighted by Crippen LogP contribution is 2.26. The van der Waals surface area contributed by atoms with Gasteiger partial charge in [-0.3, -0.25) is 15.0 Å². The van der Waals surface area contributed by atoms with Crippen molar-refractivity contribution in [2.75, 3.05) is 13.2 Å². The quantitative estimate of drug-likeness (QED) is 0.445. The maximum atomic E-state index is 11.6. The van der Waals surface area contributed by atoms with Crippen LogP contribution in [0.1, 0.15) is 13.3 Å². The van der Waals surface area contributed by atoms with Crippen LogP contribution in [0.15, 0.2) is 0 Å². The van der Waals surface area contributed by atoms with Crippen molar-refractivity contribution in [3.05, 3.63) is 0 Å². The van der Waals surface area contributed by atoms with Crippen LogP contribution in [-0.2, 0) is 9.53 Å². The zero-order valence-corrected chi connectivity index (χ0v) is 9.87. The smallest absolute Gasteiger partial charge is 0.326 e. The van der Waals surface area contributed by atoms with Gasteiger partial charge in [-0.1, -0.05) is 0 Å². The van der Waals surface area contributed by atoms with E-state index in [1.165, 1.54) is 6.92 Å². The minimum absolute atomic E-state index is 0.128. The number of aliphatic hydroxyl groups is 3. The van der Waals surface area contributed by atoms with Gasteiger partial charge >= 0.3 is 6.03 Å². The van der Waals surface area contributed by atoms with E-state index >= 15 is 0 Å². The molecule has 4 atom stereocenters. The Morgan fingerprint density at radius 3 is 2.78 bits per heavy atom. The van der Waals surface area contributed by atoms with Gasteiger partial charge in [0.2, 0.25) is 0 Å². The fourth-order valence-electron chi connectivity index (χ4n) is 2.08. The Bertz CT molecular complexity index is 371. The van der Waals surface area contributed by atoms with E-state index in [0.29, 0.717) is 0 Å². The molecule has 3 amide bonds. The molecule has 8 nitrogen and oxygen atoms in total. The second kappa shape index (κ2) is 4.47. The molecular formula is C10H16N2O6. The van der Waals surface area contributed by atoms with Gasteiger partial charge in [-0.15, -0.1) is 0 Å². The highest BCUT2D eigenvalue weighted by molar-refractivity contribution is 6.01. The number of hydrogen-bond acceptors (Lipinski definition) is 6. The molecule has 102 valence electrons. The lowest BCUT2D eigenvalue weighted by Gasteiger charge is -2.38. The summed E-state index contributed by atoms with van der Waals surface area (Å²) in [4.78, 5) is 24.1. The van der Waals surface area contributed by atoms with E-state index in [4.69, 9.17) is 9.84 Å². The van der Waals surface area contributed by atoms with Crippen LogP contribution in [-0.4, -0.2) is 69.3 Å². The maximum absolute atomic E-state index is 11.6. The lowest BCUT2D eigenvalue weighted by molar-refractivity contribution is -0.147. The molecule has 2 saturated heterocycles. The highest BCUT2D eigenvalue weighted by Gasteiger charge is 2.46. The van der Waals surface area contributed by atoms with Crippen molar-refractivity contribution in [1.82, 2.24) is 10.2 Å². The van der Waals surface area contributed by atoms with E-state index < -0.39 is 36.0 Å². The normalized spacial score (nSPS) is 41.1. The molecule has 2 heterocycles. The Morgan fingerprint density at radius 1 is 1.56 bits per heavy atom. The number of β-amino-alcohol motifs (C(OH)–C–C–N with tert-alkyl or cyclic N) is 1. The van der Waals surface area contributed by atoms with Crippen LogP contribution in [0.25, 0.3) is 0 Å². The molecule has 2 aliphatic heterocycles. The first kappa shape index (κ1) is 13.2. The molecule has 0 aromatic rings. The van der Waals surface area contributed by atoms with E-state index in [2.05, 4.69) is 0 Å². The summed E-state index contributed by atoms with van der Waals surface area (Å²) >= 11 is 0. The zero-order valence-electron chi connectivity index (χ0n) is 9.87. The van der Waals surface area contributed by atoms with Gasteiger partial charge in [0.1, 0.15) is 12.3 Å². The number of nitrogens with zero attached hydrogens (tertiary/aromatic N) is 1. The van der Waals surface area contributed by atoms with Gasteiger partial charge in [0.15, 0.2) is 5.60 Å². The van der Waals surface area contributed by atoms with Gasteiger partial charge in [-0.05, 0) is 6.92 Å². The summed E-state index contributed by atoms with van der Waals surface area (Å²) in [5.74, 6) is -0.763. The first-order chi connectivity index (χ1) is 8.35. The van der Waals surface area contributed by atoms with Crippen molar-refractivity contribution in [2.24, 2.45) is 0 Å². The summed E-state index contributed by atoms with van der Waals surface area (Å²) in [5, 5.41) is 30.4. The van der Waals surface area contributed by atoms with Crippen LogP contribution in [0.4, 0.5) is 4.79 Å². The van der Waals surface area contributed by atoms with Crippen LogP contribution in [0.3, 0.4) is 0 Å². The van der Waals surface area contributed by atoms with Crippen molar-refractivity contribution in [2.45, 2.75) is 37.4 Å². The third-order valence-corrected chi connectivity index (χ3v) is 3.18. The molecule has 4 N–H and O–H groups in total. The molecule has 0 spiro atoms. The van der Waals surface area contributed by atoms with Gasteiger partial charge in [0.05, 0.1) is 19.3 Å². The molecular weight excluding hydrogens is 244 g/mol.